The highest BCUT2D eigenvalue weighted by atomic mass is 16.5. The van der Waals surface area contributed by atoms with Crippen LogP contribution in [0.4, 0.5) is 11.5 Å². The first kappa shape index (κ1) is 31.0. The van der Waals surface area contributed by atoms with Crippen molar-refractivity contribution in [3.63, 3.8) is 0 Å². The molecule has 11 heteroatoms. The minimum absolute atomic E-state index is 0.0269. The maximum atomic E-state index is 13.4. The zero-order chi connectivity index (χ0) is 30.4. The molecule has 42 heavy (non-hydrogen) atoms. The van der Waals surface area contributed by atoms with Crippen LogP contribution < -0.4 is 10.6 Å². The number of carbonyl (C=O) groups is 3. The first-order chi connectivity index (χ1) is 20.1. The van der Waals surface area contributed by atoms with E-state index in [9.17, 15) is 19.5 Å². The number of ether oxygens (including phenoxy) is 1. The van der Waals surface area contributed by atoms with Crippen molar-refractivity contribution in [1.29, 1.82) is 0 Å². The molecule has 226 valence electrons. The molecular formula is C31H41N5O6. The van der Waals surface area contributed by atoms with Gasteiger partial charge in [0.15, 0.2) is 0 Å². The van der Waals surface area contributed by atoms with Gasteiger partial charge in [0.2, 0.25) is 11.7 Å². The van der Waals surface area contributed by atoms with Gasteiger partial charge in [0.05, 0.1) is 5.69 Å². The van der Waals surface area contributed by atoms with Crippen LogP contribution in [0, 0.1) is 18.8 Å². The van der Waals surface area contributed by atoms with E-state index in [1.165, 1.54) is 0 Å². The number of rotatable bonds is 11. The molecule has 3 aromatic rings. The monoisotopic (exact) mass is 579 g/mol. The second kappa shape index (κ2) is 13.8. The number of benzene rings is 1. The number of aliphatic hydroxyl groups is 1. The number of hydrogen-bond acceptors (Lipinski definition) is 8. The number of amides is 3. The van der Waals surface area contributed by atoms with Gasteiger partial charge in [-0.3, -0.25) is 14.4 Å². The van der Waals surface area contributed by atoms with Crippen LogP contribution in [0.3, 0.4) is 0 Å². The van der Waals surface area contributed by atoms with E-state index in [1.54, 1.807) is 68.5 Å². The Kier molecular flexibility index (Phi) is 10.2. The summed E-state index contributed by atoms with van der Waals surface area (Å²) in [5.41, 5.74) is 2.07. The highest BCUT2D eigenvalue weighted by molar-refractivity contribution is 6.12. The molecule has 1 aliphatic rings. The Balaban J connectivity index is 1.61. The second-order valence-corrected chi connectivity index (χ2v) is 11.2. The number of methoxy groups -OCH3 is 1. The summed E-state index contributed by atoms with van der Waals surface area (Å²) < 4.78 is 11.1. The Hall–Kier alpha value is -3.96. The first-order valence-corrected chi connectivity index (χ1v) is 14.3. The summed E-state index contributed by atoms with van der Waals surface area (Å²) in [6, 6.07) is 8.52. The lowest BCUT2D eigenvalue weighted by Gasteiger charge is -2.32. The Morgan fingerprint density at radius 3 is 2.50 bits per heavy atom. The van der Waals surface area contributed by atoms with Crippen LogP contribution in [0.15, 0.2) is 40.9 Å². The van der Waals surface area contributed by atoms with E-state index in [2.05, 4.69) is 15.6 Å². The highest BCUT2D eigenvalue weighted by Gasteiger charge is 2.32. The molecule has 1 atom stereocenters. The van der Waals surface area contributed by atoms with Crippen LogP contribution in [0.1, 0.15) is 58.6 Å². The third-order valence-electron chi connectivity index (χ3n) is 7.78. The van der Waals surface area contributed by atoms with Crippen LogP contribution in [0.2, 0.25) is 0 Å². The molecule has 1 fully saturated rings. The van der Waals surface area contributed by atoms with E-state index >= 15 is 0 Å². The molecule has 3 amide bonds. The lowest BCUT2D eigenvalue weighted by atomic mass is 9.80. The molecule has 1 unspecified atom stereocenters. The molecule has 1 aromatic carbocycles. The summed E-state index contributed by atoms with van der Waals surface area (Å²) in [6.07, 6.45) is 4.00. The van der Waals surface area contributed by atoms with Crippen LogP contribution in [-0.4, -0.2) is 85.2 Å². The Morgan fingerprint density at radius 2 is 1.86 bits per heavy atom. The number of aliphatic hydroxyl groups excluding tert-OH is 1. The quantitative estimate of drug-likeness (QED) is 0.228. The second-order valence-electron chi connectivity index (χ2n) is 11.2. The van der Waals surface area contributed by atoms with Gasteiger partial charge in [-0.2, -0.15) is 0 Å². The molecule has 0 aliphatic heterocycles. The fourth-order valence-electron chi connectivity index (χ4n) is 5.33. The number of fused-ring (bicyclic) bond motifs is 1. The van der Waals surface area contributed by atoms with Crippen molar-refractivity contribution in [2.24, 2.45) is 11.8 Å². The minimum Gasteiger partial charge on any atom is -0.449 e. The van der Waals surface area contributed by atoms with Crippen LogP contribution >= 0.6 is 0 Å². The maximum Gasteiger partial charge on any atom is 0.294 e. The molecule has 0 saturated heterocycles. The topological polar surface area (TPSA) is 137 Å². The van der Waals surface area contributed by atoms with Gasteiger partial charge in [-0.1, -0.05) is 6.07 Å². The normalized spacial score (nSPS) is 17.5. The van der Waals surface area contributed by atoms with E-state index in [0.717, 1.165) is 5.56 Å². The summed E-state index contributed by atoms with van der Waals surface area (Å²) >= 11 is 0. The van der Waals surface area contributed by atoms with Crippen molar-refractivity contribution in [1.82, 2.24) is 14.8 Å². The molecule has 3 N–H and O–H groups in total. The first-order valence-electron chi connectivity index (χ1n) is 14.3. The van der Waals surface area contributed by atoms with Gasteiger partial charge >= 0.3 is 0 Å². The van der Waals surface area contributed by atoms with Crippen molar-refractivity contribution >= 4 is 40.2 Å². The summed E-state index contributed by atoms with van der Waals surface area (Å²) in [5.74, 6) is -0.481. The van der Waals surface area contributed by atoms with Crippen LogP contribution in [0.5, 0.6) is 0 Å². The van der Waals surface area contributed by atoms with E-state index < -0.39 is 12.1 Å². The van der Waals surface area contributed by atoms with Crippen molar-refractivity contribution < 1.29 is 28.6 Å². The molecular weight excluding hydrogens is 538 g/mol. The average molecular weight is 580 g/mol. The van der Waals surface area contributed by atoms with Gasteiger partial charge in [-0.05, 0) is 68.9 Å². The summed E-state index contributed by atoms with van der Waals surface area (Å²) in [4.78, 5) is 46.5. The number of nitrogens with zero attached hydrogens (tertiary/aromatic N) is 3. The predicted molar refractivity (Wildman–Crippen MR) is 160 cm³/mol. The van der Waals surface area contributed by atoms with Crippen LogP contribution in [0.25, 0.3) is 11.0 Å². The van der Waals surface area contributed by atoms with E-state index in [4.69, 9.17) is 9.15 Å². The maximum absolute atomic E-state index is 13.4. The lowest BCUT2D eigenvalue weighted by molar-refractivity contribution is -0.134. The smallest absolute Gasteiger partial charge is 0.294 e. The number of aryl methyl sites for hydroxylation is 1. The Morgan fingerprint density at radius 1 is 1.12 bits per heavy atom. The number of pyridine rings is 1. The van der Waals surface area contributed by atoms with Gasteiger partial charge in [0.25, 0.3) is 11.8 Å². The van der Waals surface area contributed by atoms with Crippen molar-refractivity contribution in [3.8, 4) is 0 Å². The third kappa shape index (κ3) is 7.27. The van der Waals surface area contributed by atoms with Crippen molar-refractivity contribution in [2.75, 3.05) is 52.0 Å². The molecule has 2 aromatic heterocycles. The number of anilines is 2. The highest BCUT2D eigenvalue weighted by Crippen LogP contribution is 2.36. The van der Waals surface area contributed by atoms with E-state index in [-0.39, 0.29) is 29.4 Å². The molecule has 0 radical (unpaired) electrons. The zero-order valence-electron chi connectivity index (χ0n) is 25.0. The van der Waals surface area contributed by atoms with Crippen LogP contribution in [-0.2, 0) is 9.53 Å². The fourth-order valence-corrected chi connectivity index (χ4v) is 5.33. The van der Waals surface area contributed by atoms with E-state index in [1.807, 2.05) is 13.0 Å². The number of hydrogen-bond donors (Lipinski definition) is 3. The van der Waals surface area contributed by atoms with Gasteiger partial charge in [-0.15, -0.1) is 0 Å². The third-order valence-corrected chi connectivity index (χ3v) is 7.78. The molecule has 0 bridgehead atoms. The average Bonchev–Trinajstić information content (AvgIpc) is 3.35. The summed E-state index contributed by atoms with van der Waals surface area (Å²) in [7, 11) is 6.86. The molecule has 1 aliphatic carbocycles. The molecule has 11 nitrogen and oxygen atoms in total. The molecule has 4 rings (SSSR count). The van der Waals surface area contributed by atoms with Gasteiger partial charge in [0.1, 0.15) is 17.6 Å². The molecule has 0 spiro atoms. The minimum atomic E-state index is -0.999. The Labute approximate surface area is 246 Å². The van der Waals surface area contributed by atoms with E-state index in [0.29, 0.717) is 73.3 Å². The number of carbonyl (C=O) groups excluding carboxylic acids is 3. The Bertz CT molecular complexity index is 1390. The number of aromatic nitrogens is 1. The number of nitrogens with one attached hydrogen (secondary N) is 2. The number of furan rings is 1. The lowest BCUT2D eigenvalue weighted by Crippen LogP contribution is -2.37. The molecule has 2 heterocycles. The van der Waals surface area contributed by atoms with Gasteiger partial charge in [-0.25, -0.2) is 4.98 Å². The largest absolute Gasteiger partial charge is 0.449 e. The molecule has 1 saturated carbocycles. The fraction of sp³-hybridized carbons (Fsp3) is 0.484. The SMILES string of the molecule is COCCCN(C)C(=O)c1ccc2oc(C(=O)Nc3ccc(C)cn3)c(NC(O)C3CCC(C(=O)N(C)C)CC3)c2c1. The summed E-state index contributed by atoms with van der Waals surface area (Å²) in [6.45, 7) is 2.97. The van der Waals surface area contributed by atoms with Gasteiger partial charge in [0, 0.05) is 70.4 Å². The van der Waals surface area contributed by atoms with Crippen molar-refractivity contribution in [3.05, 3.63) is 53.4 Å². The zero-order valence-corrected chi connectivity index (χ0v) is 25.0. The predicted octanol–water partition coefficient (Wildman–Crippen LogP) is 4.12. The van der Waals surface area contributed by atoms with Gasteiger partial charge < -0.3 is 34.7 Å². The van der Waals surface area contributed by atoms with Crippen molar-refractivity contribution in [2.45, 2.75) is 45.3 Å². The summed E-state index contributed by atoms with van der Waals surface area (Å²) in [5, 5.41) is 17.7. The standard InChI is InChI=1S/C31H41N5O6/c1-19-7-14-25(32-18-19)33-29(38)27-26(34-28(37)20-8-10-21(11-9-20)30(39)35(2)3)23-17-22(12-13-24(23)42-27)31(40)36(4)15-6-16-41-5/h7,12-14,17-18,20-21,28,34,37H,6,8-11,15-16H2,1-5H3,(H,32,33,38).